The summed E-state index contributed by atoms with van der Waals surface area (Å²) in [6.07, 6.45) is 1.69. The highest BCUT2D eigenvalue weighted by Crippen LogP contribution is 2.13. The lowest BCUT2D eigenvalue weighted by Crippen LogP contribution is -2.10. The number of pyridine rings is 1. The Bertz CT molecular complexity index is 593. The van der Waals surface area contributed by atoms with Crippen LogP contribution >= 0.6 is 0 Å². The first-order valence-corrected chi connectivity index (χ1v) is 6.52. The Balaban J connectivity index is 2.09. The maximum Gasteiger partial charge on any atom is 0.322 e. The monoisotopic (exact) mass is 290 g/mol. The van der Waals surface area contributed by atoms with E-state index in [9.17, 15) is 0 Å². The van der Waals surface area contributed by atoms with E-state index in [0.717, 1.165) is 5.56 Å². The lowest BCUT2D eigenvalue weighted by Gasteiger charge is -2.09. The van der Waals surface area contributed by atoms with Crippen molar-refractivity contribution >= 4 is 11.9 Å². The Morgan fingerprint density at radius 3 is 2.48 bits per heavy atom. The van der Waals surface area contributed by atoms with Gasteiger partial charge in [0.2, 0.25) is 17.8 Å². The van der Waals surface area contributed by atoms with Crippen molar-refractivity contribution in [3.8, 4) is 11.9 Å². The highest BCUT2D eigenvalue weighted by Gasteiger charge is 2.06. The van der Waals surface area contributed by atoms with Gasteiger partial charge in [0.15, 0.2) is 0 Å². The van der Waals surface area contributed by atoms with Crippen LogP contribution in [-0.2, 0) is 6.54 Å². The average molecular weight is 290 g/mol. The van der Waals surface area contributed by atoms with Gasteiger partial charge in [-0.1, -0.05) is 0 Å². The molecule has 0 fully saturated rings. The summed E-state index contributed by atoms with van der Waals surface area (Å²) in [5, 5.41) is 6.15. The van der Waals surface area contributed by atoms with Gasteiger partial charge in [0.05, 0.1) is 14.2 Å². The summed E-state index contributed by atoms with van der Waals surface area (Å²) in [6, 6.07) is 3.99. The fourth-order valence-electron chi connectivity index (χ4n) is 1.62. The maximum absolute atomic E-state index is 5.08. The molecular weight excluding hydrogens is 272 g/mol. The molecule has 0 saturated heterocycles. The minimum atomic E-state index is 0.260. The Hall–Kier alpha value is -2.64. The molecule has 8 nitrogen and oxygen atoms in total. The van der Waals surface area contributed by atoms with Crippen molar-refractivity contribution in [3.63, 3.8) is 0 Å². The van der Waals surface area contributed by atoms with Gasteiger partial charge in [-0.05, 0) is 18.6 Å². The zero-order chi connectivity index (χ0) is 15.1. The number of nitrogens with zero attached hydrogens (tertiary/aromatic N) is 4. The van der Waals surface area contributed by atoms with E-state index in [1.807, 2.05) is 19.1 Å². The first-order chi connectivity index (χ1) is 10.2. The Morgan fingerprint density at radius 1 is 1.05 bits per heavy atom. The minimum Gasteiger partial charge on any atom is -0.481 e. The van der Waals surface area contributed by atoms with Crippen LogP contribution in [0.3, 0.4) is 0 Å². The summed E-state index contributed by atoms with van der Waals surface area (Å²) in [6.45, 7) is 3.22. The van der Waals surface area contributed by atoms with Crippen molar-refractivity contribution in [3.05, 3.63) is 23.9 Å². The molecule has 2 N–H and O–H groups in total. The quantitative estimate of drug-likeness (QED) is 0.788. The number of methoxy groups -OCH3 is 2. The zero-order valence-electron chi connectivity index (χ0n) is 12.3. The highest BCUT2D eigenvalue weighted by atomic mass is 16.5. The van der Waals surface area contributed by atoms with Gasteiger partial charge in [0, 0.05) is 25.4 Å². The van der Waals surface area contributed by atoms with Crippen molar-refractivity contribution in [1.29, 1.82) is 0 Å². The third-order valence-electron chi connectivity index (χ3n) is 2.59. The van der Waals surface area contributed by atoms with Crippen LogP contribution in [0.1, 0.15) is 12.5 Å². The van der Waals surface area contributed by atoms with Gasteiger partial charge in [-0.25, -0.2) is 4.98 Å². The fourth-order valence-corrected chi connectivity index (χ4v) is 1.62. The van der Waals surface area contributed by atoms with Crippen molar-refractivity contribution in [2.75, 3.05) is 31.4 Å². The first-order valence-electron chi connectivity index (χ1n) is 6.52. The van der Waals surface area contributed by atoms with E-state index in [-0.39, 0.29) is 6.01 Å². The molecule has 2 aromatic rings. The van der Waals surface area contributed by atoms with Gasteiger partial charge < -0.3 is 20.1 Å². The molecule has 2 aromatic heterocycles. The van der Waals surface area contributed by atoms with Gasteiger partial charge in [0.1, 0.15) is 0 Å². The number of hydrogen-bond donors (Lipinski definition) is 2. The molecule has 2 heterocycles. The Morgan fingerprint density at radius 2 is 1.81 bits per heavy atom. The number of nitrogens with one attached hydrogen (secondary N) is 2. The molecule has 112 valence electrons. The van der Waals surface area contributed by atoms with E-state index >= 15 is 0 Å². The van der Waals surface area contributed by atoms with E-state index in [1.54, 1.807) is 13.3 Å². The van der Waals surface area contributed by atoms with E-state index < -0.39 is 0 Å². The van der Waals surface area contributed by atoms with E-state index in [2.05, 4.69) is 30.6 Å². The van der Waals surface area contributed by atoms with Crippen LogP contribution in [-0.4, -0.2) is 40.7 Å². The van der Waals surface area contributed by atoms with E-state index in [0.29, 0.717) is 30.9 Å². The minimum absolute atomic E-state index is 0.260. The van der Waals surface area contributed by atoms with Crippen molar-refractivity contribution in [2.45, 2.75) is 13.5 Å². The van der Waals surface area contributed by atoms with Crippen LogP contribution in [0.5, 0.6) is 11.9 Å². The standard InChI is InChI=1S/C13H18N6O2/c1-4-14-11-17-12(19-13(18-11)21-3)16-8-9-5-6-15-10(7-9)20-2/h5-7H,4,8H2,1-3H3,(H2,14,16,17,18,19). The molecule has 0 aliphatic heterocycles. The first kappa shape index (κ1) is 14.8. The molecule has 0 spiro atoms. The largest absolute Gasteiger partial charge is 0.481 e. The smallest absolute Gasteiger partial charge is 0.322 e. The maximum atomic E-state index is 5.08. The van der Waals surface area contributed by atoms with Crippen LogP contribution in [0.25, 0.3) is 0 Å². The topological polar surface area (TPSA) is 94.1 Å². The number of rotatable bonds is 7. The number of aromatic nitrogens is 4. The molecule has 0 aliphatic rings. The third-order valence-corrected chi connectivity index (χ3v) is 2.59. The fraction of sp³-hybridized carbons (Fsp3) is 0.385. The summed E-state index contributed by atoms with van der Waals surface area (Å²) >= 11 is 0. The van der Waals surface area contributed by atoms with Crippen LogP contribution in [0.15, 0.2) is 18.3 Å². The number of hydrogen-bond acceptors (Lipinski definition) is 8. The molecule has 8 heteroatoms. The molecule has 0 aromatic carbocycles. The molecule has 0 amide bonds. The van der Waals surface area contributed by atoms with Gasteiger partial charge in [-0.2, -0.15) is 15.0 Å². The molecule has 0 saturated carbocycles. The summed E-state index contributed by atoms with van der Waals surface area (Å²) in [5.41, 5.74) is 1.01. The molecular formula is C13H18N6O2. The second-order valence-corrected chi connectivity index (χ2v) is 4.06. The SMILES string of the molecule is CCNc1nc(NCc2ccnc(OC)c2)nc(OC)n1. The molecule has 0 radical (unpaired) electrons. The summed E-state index contributed by atoms with van der Waals surface area (Å²) in [7, 11) is 3.10. The van der Waals surface area contributed by atoms with E-state index in [4.69, 9.17) is 9.47 Å². The molecule has 0 bridgehead atoms. The summed E-state index contributed by atoms with van der Waals surface area (Å²) < 4.78 is 10.1. The van der Waals surface area contributed by atoms with Crippen molar-refractivity contribution in [2.24, 2.45) is 0 Å². The number of ether oxygens (including phenoxy) is 2. The highest BCUT2D eigenvalue weighted by molar-refractivity contribution is 5.36. The van der Waals surface area contributed by atoms with Gasteiger partial charge >= 0.3 is 6.01 Å². The Labute approximate surface area is 123 Å². The third kappa shape index (κ3) is 4.16. The summed E-state index contributed by atoms with van der Waals surface area (Å²) in [5.74, 6) is 1.48. The zero-order valence-corrected chi connectivity index (χ0v) is 12.3. The van der Waals surface area contributed by atoms with Gasteiger partial charge in [0.25, 0.3) is 0 Å². The molecule has 21 heavy (non-hydrogen) atoms. The van der Waals surface area contributed by atoms with Crippen molar-refractivity contribution in [1.82, 2.24) is 19.9 Å². The lowest BCUT2D eigenvalue weighted by atomic mass is 10.2. The normalized spacial score (nSPS) is 10.0. The summed E-state index contributed by atoms with van der Waals surface area (Å²) in [4.78, 5) is 16.6. The molecule has 2 rings (SSSR count). The Kier molecular flexibility index (Phi) is 5.08. The van der Waals surface area contributed by atoms with Crippen LogP contribution < -0.4 is 20.1 Å². The molecule has 0 unspecified atom stereocenters. The van der Waals surface area contributed by atoms with Gasteiger partial charge in [-0.3, -0.25) is 0 Å². The number of anilines is 2. The van der Waals surface area contributed by atoms with Crippen LogP contribution in [0, 0.1) is 0 Å². The predicted octanol–water partition coefficient (Wildman–Crippen LogP) is 1.33. The molecule has 0 aliphatic carbocycles. The van der Waals surface area contributed by atoms with E-state index in [1.165, 1.54) is 7.11 Å². The predicted molar refractivity (Wildman–Crippen MR) is 78.7 cm³/mol. The lowest BCUT2D eigenvalue weighted by molar-refractivity contribution is 0.379. The second kappa shape index (κ2) is 7.22. The second-order valence-electron chi connectivity index (χ2n) is 4.06. The van der Waals surface area contributed by atoms with Crippen LogP contribution in [0.2, 0.25) is 0 Å². The average Bonchev–Trinajstić information content (AvgIpc) is 2.53. The molecule has 0 atom stereocenters. The van der Waals surface area contributed by atoms with Crippen LogP contribution in [0.4, 0.5) is 11.9 Å². The van der Waals surface area contributed by atoms with Crippen molar-refractivity contribution < 1.29 is 9.47 Å². The van der Waals surface area contributed by atoms with Gasteiger partial charge in [-0.15, -0.1) is 0 Å².